The molecule has 21 heavy (non-hydrogen) atoms. The summed E-state index contributed by atoms with van der Waals surface area (Å²) >= 11 is 0. The largest absolute Gasteiger partial charge is 0.372 e. The summed E-state index contributed by atoms with van der Waals surface area (Å²) < 4.78 is 6.17. The fraction of sp³-hybridized carbons (Fsp3) is 0.947. The monoisotopic (exact) mass is 296 g/mol. The third-order valence-corrected chi connectivity index (χ3v) is 4.39. The van der Waals surface area contributed by atoms with Gasteiger partial charge >= 0.3 is 0 Å². The molecule has 0 amide bonds. The van der Waals surface area contributed by atoms with E-state index in [1.807, 2.05) is 20.8 Å². The van der Waals surface area contributed by atoms with Crippen molar-refractivity contribution in [2.45, 2.75) is 105 Å². The first kappa shape index (κ1) is 18.7. The Morgan fingerprint density at radius 3 is 2.10 bits per heavy atom. The van der Waals surface area contributed by atoms with Crippen LogP contribution >= 0.6 is 0 Å². The van der Waals surface area contributed by atoms with Gasteiger partial charge in [-0.05, 0) is 39.5 Å². The minimum absolute atomic E-state index is 0.0821. The van der Waals surface area contributed by atoms with Crippen molar-refractivity contribution in [3.8, 4) is 0 Å². The first-order valence-electron chi connectivity index (χ1n) is 8.79. The van der Waals surface area contributed by atoms with E-state index in [1.165, 1.54) is 38.5 Å². The predicted molar refractivity (Wildman–Crippen MR) is 89.5 cm³/mol. The van der Waals surface area contributed by atoms with Gasteiger partial charge in [0.1, 0.15) is 5.78 Å². The van der Waals surface area contributed by atoms with Crippen LogP contribution in [0.1, 0.15) is 92.9 Å². The second-order valence-corrected chi connectivity index (χ2v) is 8.81. The molecular formula is C19H36O2. The first-order chi connectivity index (χ1) is 9.58. The zero-order chi connectivity index (χ0) is 16.1. The molecule has 2 heteroatoms. The van der Waals surface area contributed by atoms with Gasteiger partial charge in [-0.25, -0.2) is 0 Å². The Labute approximate surface area is 132 Å². The molecule has 0 bridgehead atoms. The van der Waals surface area contributed by atoms with Crippen LogP contribution in [-0.2, 0) is 9.53 Å². The SMILES string of the molecule is CC(C)(C)OC(CCC1CCCCC1)CC(=O)C(C)(C)C. The minimum atomic E-state index is -0.260. The standard InChI is InChI=1S/C19H36O2/c1-18(2,3)17(20)14-16(21-19(4,5)6)13-12-15-10-8-7-9-11-15/h15-16H,7-14H2,1-6H3. The van der Waals surface area contributed by atoms with Gasteiger partial charge in [0.05, 0.1) is 11.7 Å². The van der Waals surface area contributed by atoms with Gasteiger partial charge in [0.15, 0.2) is 0 Å². The van der Waals surface area contributed by atoms with Gasteiger partial charge in [-0.15, -0.1) is 0 Å². The number of hydrogen-bond donors (Lipinski definition) is 0. The second-order valence-electron chi connectivity index (χ2n) is 8.81. The topological polar surface area (TPSA) is 26.3 Å². The molecule has 2 nitrogen and oxygen atoms in total. The maximum absolute atomic E-state index is 12.3. The van der Waals surface area contributed by atoms with E-state index in [0.717, 1.165) is 12.3 Å². The summed E-state index contributed by atoms with van der Waals surface area (Å²) in [6.07, 6.45) is 9.81. The molecule has 1 rings (SSSR count). The molecule has 1 fully saturated rings. The highest BCUT2D eigenvalue weighted by molar-refractivity contribution is 5.84. The molecule has 0 saturated heterocycles. The quantitative estimate of drug-likeness (QED) is 0.643. The number of carbonyl (C=O) groups excluding carboxylic acids is 1. The average Bonchev–Trinajstić information content (AvgIpc) is 2.34. The molecule has 0 aromatic rings. The van der Waals surface area contributed by atoms with Crippen LogP contribution in [0.2, 0.25) is 0 Å². The Kier molecular flexibility index (Phi) is 6.90. The Morgan fingerprint density at radius 2 is 1.62 bits per heavy atom. The Morgan fingerprint density at radius 1 is 1.05 bits per heavy atom. The summed E-state index contributed by atoms with van der Waals surface area (Å²) in [4.78, 5) is 12.3. The van der Waals surface area contributed by atoms with Gasteiger partial charge in [0, 0.05) is 11.8 Å². The van der Waals surface area contributed by atoms with E-state index in [1.54, 1.807) is 0 Å². The Bertz CT molecular complexity index is 313. The van der Waals surface area contributed by atoms with Crippen molar-refractivity contribution >= 4 is 5.78 Å². The van der Waals surface area contributed by atoms with E-state index in [9.17, 15) is 4.79 Å². The summed E-state index contributed by atoms with van der Waals surface area (Å²) in [5.74, 6) is 1.18. The van der Waals surface area contributed by atoms with Gasteiger partial charge < -0.3 is 4.74 Å². The normalized spacial score (nSPS) is 19.5. The molecule has 1 aliphatic carbocycles. The Balaban J connectivity index is 2.53. The van der Waals surface area contributed by atoms with Crippen molar-refractivity contribution in [1.29, 1.82) is 0 Å². The van der Waals surface area contributed by atoms with Crippen LogP contribution in [0.15, 0.2) is 0 Å². The van der Waals surface area contributed by atoms with Gasteiger partial charge in [-0.1, -0.05) is 52.9 Å². The van der Waals surface area contributed by atoms with Crippen molar-refractivity contribution in [2.75, 3.05) is 0 Å². The fourth-order valence-electron chi connectivity index (χ4n) is 3.11. The number of rotatable bonds is 6. The smallest absolute Gasteiger partial charge is 0.140 e. The minimum Gasteiger partial charge on any atom is -0.372 e. The third-order valence-electron chi connectivity index (χ3n) is 4.39. The number of ketones is 1. The highest BCUT2D eigenvalue weighted by atomic mass is 16.5. The van der Waals surface area contributed by atoms with Crippen LogP contribution in [0.5, 0.6) is 0 Å². The predicted octanol–water partition coefficient (Wildman–Crippen LogP) is 5.54. The summed E-state index contributed by atoms with van der Waals surface area (Å²) in [5, 5.41) is 0. The van der Waals surface area contributed by atoms with Crippen LogP contribution in [0, 0.1) is 11.3 Å². The highest BCUT2D eigenvalue weighted by Gasteiger charge is 2.28. The first-order valence-corrected chi connectivity index (χ1v) is 8.79. The van der Waals surface area contributed by atoms with Gasteiger partial charge in [0.2, 0.25) is 0 Å². The van der Waals surface area contributed by atoms with Gasteiger partial charge in [-0.2, -0.15) is 0 Å². The lowest BCUT2D eigenvalue weighted by Gasteiger charge is -2.31. The molecule has 0 aromatic carbocycles. The molecule has 0 heterocycles. The van der Waals surface area contributed by atoms with Crippen molar-refractivity contribution in [3.63, 3.8) is 0 Å². The summed E-state index contributed by atoms with van der Waals surface area (Å²) in [6, 6.07) is 0. The molecule has 1 unspecified atom stereocenters. The molecule has 1 atom stereocenters. The molecule has 0 spiro atoms. The van der Waals surface area contributed by atoms with Crippen LogP contribution in [0.4, 0.5) is 0 Å². The van der Waals surface area contributed by atoms with Crippen LogP contribution < -0.4 is 0 Å². The van der Waals surface area contributed by atoms with Crippen molar-refractivity contribution < 1.29 is 9.53 Å². The molecular weight excluding hydrogens is 260 g/mol. The van der Waals surface area contributed by atoms with Crippen molar-refractivity contribution in [3.05, 3.63) is 0 Å². The molecule has 1 aliphatic rings. The molecule has 124 valence electrons. The fourth-order valence-corrected chi connectivity index (χ4v) is 3.11. The lowest BCUT2D eigenvalue weighted by atomic mass is 9.83. The summed E-state index contributed by atoms with van der Waals surface area (Å²) in [6.45, 7) is 12.3. The molecule has 0 N–H and O–H groups in total. The van der Waals surface area contributed by atoms with E-state index < -0.39 is 0 Å². The van der Waals surface area contributed by atoms with E-state index in [2.05, 4.69) is 20.8 Å². The number of ether oxygens (including phenoxy) is 1. The van der Waals surface area contributed by atoms with Crippen molar-refractivity contribution in [2.24, 2.45) is 11.3 Å². The lowest BCUT2D eigenvalue weighted by molar-refractivity contribution is -0.133. The van der Waals surface area contributed by atoms with E-state index in [4.69, 9.17) is 4.74 Å². The summed E-state index contributed by atoms with van der Waals surface area (Å²) in [7, 11) is 0. The molecule has 0 aromatic heterocycles. The van der Waals surface area contributed by atoms with Crippen LogP contribution in [-0.4, -0.2) is 17.5 Å². The highest BCUT2D eigenvalue weighted by Crippen LogP contribution is 2.30. The maximum Gasteiger partial charge on any atom is 0.140 e. The average molecular weight is 296 g/mol. The second kappa shape index (κ2) is 7.76. The number of carbonyl (C=O) groups is 1. The Hall–Kier alpha value is -0.370. The summed E-state index contributed by atoms with van der Waals surface area (Å²) in [5.41, 5.74) is -0.431. The maximum atomic E-state index is 12.3. The molecule has 1 saturated carbocycles. The van der Waals surface area contributed by atoms with Gasteiger partial charge in [-0.3, -0.25) is 4.79 Å². The van der Waals surface area contributed by atoms with E-state index in [-0.39, 0.29) is 17.1 Å². The third kappa shape index (κ3) is 7.99. The number of Topliss-reactive ketones (excluding diaryl/α,β-unsaturated/α-hetero) is 1. The molecule has 0 aliphatic heterocycles. The van der Waals surface area contributed by atoms with Crippen LogP contribution in [0.25, 0.3) is 0 Å². The number of hydrogen-bond acceptors (Lipinski definition) is 2. The van der Waals surface area contributed by atoms with E-state index >= 15 is 0 Å². The zero-order valence-corrected chi connectivity index (χ0v) is 15.1. The molecule has 0 radical (unpaired) electrons. The zero-order valence-electron chi connectivity index (χ0n) is 15.1. The van der Waals surface area contributed by atoms with Crippen molar-refractivity contribution in [1.82, 2.24) is 0 Å². The van der Waals surface area contributed by atoms with Crippen LogP contribution in [0.3, 0.4) is 0 Å². The van der Waals surface area contributed by atoms with Gasteiger partial charge in [0.25, 0.3) is 0 Å². The lowest BCUT2D eigenvalue weighted by Crippen LogP contribution is -2.33. The van der Waals surface area contributed by atoms with E-state index in [0.29, 0.717) is 12.2 Å².